The molecule has 0 unspecified atom stereocenters. The second-order valence-corrected chi connectivity index (χ2v) is 4.87. The molecule has 0 aliphatic rings. The van der Waals surface area contributed by atoms with E-state index >= 15 is 0 Å². The second-order valence-electron chi connectivity index (χ2n) is 4.87. The summed E-state index contributed by atoms with van der Waals surface area (Å²) in [7, 11) is 0. The van der Waals surface area contributed by atoms with Crippen LogP contribution in [0.3, 0.4) is 0 Å². The number of aryl methyl sites for hydroxylation is 2. The van der Waals surface area contributed by atoms with Gasteiger partial charge >= 0.3 is 0 Å². The first-order valence-electron chi connectivity index (χ1n) is 6.30. The summed E-state index contributed by atoms with van der Waals surface area (Å²) in [6.45, 7) is 3.84. The molecule has 94 valence electrons. The lowest BCUT2D eigenvalue weighted by Gasteiger charge is -2.10. The van der Waals surface area contributed by atoms with Crippen molar-refractivity contribution < 1.29 is 5.11 Å². The largest absolute Gasteiger partial charge is 0.507 e. The van der Waals surface area contributed by atoms with Gasteiger partial charge in [0.15, 0.2) is 0 Å². The van der Waals surface area contributed by atoms with E-state index in [1.165, 1.54) is 5.39 Å². The van der Waals surface area contributed by atoms with Crippen LogP contribution >= 0.6 is 0 Å². The second kappa shape index (κ2) is 4.39. The number of hydrogen-bond donors (Lipinski definition) is 1. The molecule has 3 rings (SSSR count). The number of phenols is 1. The third-order valence-corrected chi connectivity index (χ3v) is 3.47. The summed E-state index contributed by atoms with van der Waals surface area (Å²) in [5, 5.41) is 12.2. The smallest absolute Gasteiger partial charge is 0.121 e. The molecule has 0 bridgehead atoms. The Bertz CT molecular complexity index is 734. The molecule has 2 nitrogen and oxygen atoms in total. The molecule has 0 saturated carbocycles. The van der Waals surface area contributed by atoms with E-state index in [2.05, 4.69) is 17.1 Å². The van der Waals surface area contributed by atoms with Gasteiger partial charge in [0.2, 0.25) is 0 Å². The van der Waals surface area contributed by atoms with Crippen molar-refractivity contribution in [2.24, 2.45) is 0 Å². The molecule has 0 amide bonds. The molecule has 1 N–H and O–H groups in total. The number of fused-ring (bicyclic) bond motifs is 1. The first kappa shape index (κ1) is 11.7. The summed E-state index contributed by atoms with van der Waals surface area (Å²) in [4.78, 5) is 4.31. The van der Waals surface area contributed by atoms with Gasteiger partial charge in [-0.1, -0.05) is 24.3 Å². The highest BCUT2D eigenvalue weighted by atomic mass is 16.3. The topological polar surface area (TPSA) is 33.1 Å². The van der Waals surface area contributed by atoms with Gasteiger partial charge in [-0.05, 0) is 48.1 Å². The maximum absolute atomic E-state index is 9.88. The fraction of sp³-hybridized carbons (Fsp3) is 0.118. The van der Waals surface area contributed by atoms with Crippen molar-refractivity contribution in [2.45, 2.75) is 13.8 Å². The van der Waals surface area contributed by atoms with Crippen molar-refractivity contribution in [1.82, 2.24) is 4.98 Å². The number of nitrogens with zero attached hydrogens (tertiary/aromatic N) is 1. The molecular weight excluding hydrogens is 234 g/mol. The number of benzene rings is 2. The minimum Gasteiger partial charge on any atom is -0.507 e. The Morgan fingerprint density at radius 1 is 0.947 bits per heavy atom. The SMILES string of the molecule is Cc1cc(-c2cncc3ccccc23)cc(C)c1O. The van der Waals surface area contributed by atoms with Crippen molar-refractivity contribution in [2.75, 3.05) is 0 Å². The average Bonchev–Trinajstić information content (AvgIpc) is 2.43. The molecule has 3 aromatic rings. The van der Waals surface area contributed by atoms with Crippen molar-refractivity contribution in [3.63, 3.8) is 0 Å². The number of pyridine rings is 1. The molecule has 0 saturated heterocycles. The number of aromatic nitrogens is 1. The van der Waals surface area contributed by atoms with Crippen molar-refractivity contribution in [3.05, 3.63) is 59.9 Å². The van der Waals surface area contributed by atoms with Gasteiger partial charge in [0.05, 0.1) is 0 Å². The highest BCUT2D eigenvalue weighted by molar-refractivity contribution is 5.96. The third-order valence-electron chi connectivity index (χ3n) is 3.47. The van der Waals surface area contributed by atoms with Crippen LogP contribution in [0.15, 0.2) is 48.8 Å². The van der Waals surface area contributed by atoms with Crippen molar-refractivity contribution >= 4 is 10.8 Å². The Morgan fingerprint density at radius 3 is 2.37 bits per heavy atom. The first-order valence-corrected chi connectivity index (χ1v) is 6.30. The van der Waals surface area contributed by atoms with Crippen LogP contribution in [0.25, 0.3) is 21.9 Å². The summed E-state index contributed by atoms with van der Waals surface area (Å²) < 4.78 is 0. The molecule has 0 radical (unpaired) electrons. The zero-order valence-electron chi connectivity index (χ0n) is 11.0. The van der Waals surface area contributed by atoms with Crippen LogP contribution in [0.1, 0.15) is 11.1 Å². The van der Waals surface area contributed by atoms with Crippen molar-refractivity contribution in [3.8, 4) is 16.9 Å². The van der Waals surface area contributed by atoms with Crippen LogP contribution < -0.4 is 0 Å². The van der Waals surface area contributed by atoms with Crippen molar-refractivity contribution in [1.29, 1.82) is 0 Å². The maximum Gasteiger partial charge on any atom is 0.121 e. The Kier molecular flexibility index (Phi) is 2.71. The molecule has 0 atom stereocenters. The highest BCUT2D eigenvalue weighted by Crippen LogP contribution is 2.32. The van der Waals surface area contributed by atoms with Crippen LogP contribution in [0.4, 0.5) is 0 Å². The summed E-state index contributed by atoms with van der Waals surface area (Å²) in [6, 6.07) is 12.2. The number of hydrogen-bond acceptors (Lipinski definition) is 2. The number of rotatable bonds is 1. The van der Waals surface area contributed by atoms with Gasteiger partial charge in [-0.3, -0.25) is 4.98 Å². The molecule has 2 aromatic carbocycles. The number of phenolic OH excluding ortho intramolecular Hbond substituents is 1. The van der Waals surface area contributed by atoms with Crippen LogP contribution in [0, 0.1) is 13.8 Å². The van der Waals surface area contributed by atoms with E-state index in [0.29, 0.717) is 5.75 Å². The molecule has 0 aliphatic heterocycles. The van der Waals surface area contributed by atoms with E-state index in [-0.39, 0.29) is 0 Å². The summed E-state index contributed by atoms with van der Waals surface area (Å²) in [5.41, 5.74) is 3.98. The zero-order valence-corrected chi connectivity index (χ0v) is 11.0. The van der Waals surface area contributed by atoms with Gasteiger partial charge < -0.3 is 5.11 Å². The minimum absolute atomic E-state index is 0.372. The van der Waals surface area contributed by atoms with E-state index in [9.17, 15) is 5.11 Å². The van der Waals surface area contributed by atoms with Gasteiger partial charge in [0.1, 0.15) is 5.75 Å². The zero-order chi connectivity index (χ0) is 13.4. The van der Waals surface area contributed by atoms with E-state index in [1.54, 1.807) is 0 Å². The molecule has 19 heavy (non-hydrogen) atoms. The summed E-state index contributed by atoms with van der Waals surface area (Å²) in [5.74, 6) is 0.372. The standard InChI is InChI=1S/C17H15NO/c1-11-7-14(8-12(2)17(11)19)16-10-18-9-13-5-3-4-6-15(13)16/h3-10,19H,1-2H3. The van der Waals surface area contributed by atoms with E-state index < -0.39 is 0 Å². The van der Waals surface area contributed by atoms with Gasteiger partial charge in [-0.15, -0.1) is 0 Å². The van der Waals surface area contributed by atoms with Crippen LogP contribution in [0.2, 0.25) is 0 Å². The predicted molar refractivity (Wildman–Crippen MR) is 78.3 cm³/mol. The monoisotopic (exact) mass is 249 g/mol. The molecule has 0 aliphatic carbocycles. The van der Waals surface area contributed by atoms with Gasteiger partial charge in [-0.25, -0.2) is 0 Å². The first-order chi connectivity index (χ1) is 9.16. The Hall–Kier alpha value is -2.35. The average molecular weight is 249 g/mol. The molecule has 0 fully saturated rings. The lowest BCUT2D eigenvalue weighted by atomic mass is 9.97. The lowest BCUT2D eigenvalue weighted by Crippen LogP contribution is -1.87. The Labute approximate surface area is 112 Å². The van der Waals surface area contributed by atoms with Crippen LogP contribution in [-0.2, 0) is 0 Å². The highest BCUT2D eigenvalue weighted by Gasteiger charge is 2.08. The Balaban J connectivity index is 2.31. The van der Waals surface area contributed by atoms with Gasteiger partial charge in [-0.2, -0.15) is 0 Å². The molecular formula is C17H15NO. The third kappa shape index (κ3) is 1.95. The van der Waals surface area contributed by atoms with E-state index in [1.807, 2.05) is 50.5 Å². The molecule has 1 aromatic heterocycles. The maximum atomic E-state index is 9.88. The predicted octanol–water partition coefficient (Wildman–Crippen LogP) is 4.22. The summed E-state index contributed by atoms with van der Waals surface area (Å²) in [6.07, 6.45) is 3.76. The van der Waals surface area contributed by atoms with Crippen LogP contribution in [-0.4, -0.2) is 10.1 Å². The Morgan fingerprint density at radius 2 is 1.63 bits per heavy atom. The minimum atomic E-state index is 0.372. The fourth-order valence-corrected chi connectivity index (χ4v) is 2.46. The number of aromatic hydroxyl groups is 1. The molecule has 0 spiro atoms. The fourth-order valence-electron chi connectivity index (χ4n) is 2.46. The van der Waals surface area contributed by atoms with Gasteiger partial charge in [0.25, 0.3) is 0 Å². The molecule has 1 heterocycles. The molecule has 2 heteroatoms. The quantitative estimate of drug-likeness (QED) is 0.700. The summed E-state index contributed by atoms with van der Waals surface area (Å²) >= 11 is 0. The van der Waals surface area contributed by atoms with Crippen LogP contribution in [0.5, 0.6) is 5.75 Å². The lowest BCUT2D eigenvalue weighted by molar-refractivity contribution is 0.467. The van der Waals surface area contributed by atoms with E-state index in [0.717, 1.165) is 27.6 Å². The normalized spacial score (nSPS) is 10.8. The van der Waals surface area contributed by atoms with Gasteiger partial charge in [0, 0.05) is 23.3 Å². The van der Waals surface area contributed by atoms with E-state index in [4.69, 9.17) is 0 Å².